The molecule has 0 aromatic carbocycles. The lowest BCUT2D eigenvalue weighted by Crippen LogP contribution is -2.34. The Morgan fingerprint density at radius 3 is 3.07 bits per heavy atom. The van der Waals surface area contributed by atoms with E-state index >= 15 is 0 Å². The second-order valence-corrected chi connectivity index (χ2v) is 3.55. The molecule has 2 aliphatic heterocycles. The summed E-state index contributed by atoms with van der Waals surface area (Å²) >= 11 is 0. The minimum Gasteiger partial charge on any atom is -0.478 e. The Balaban J connectivity index is 2.48. The molecule has 0 bridgehead atoms. The zero-order valence-corrected chi connectivity index (χ0v) is 8.16. The summed E-state index contributed by atoms with van der Waals surface area (Å²) in [5.74, 6) is -0.216. The molecule has 5 heteroatoms. The van der Waals surface area contributed by atoms with Crippen LogP contribution in [0.15, 0.2) is 23.0 Å². The number of hydrogen-bond donors (Lipinski definition) is 3. The number of hydrazine groups is 1. The van der Waals surface area contributed by atoms with Crippen molar-refractivity contribution in [1.82, 2.24) is 15.8 Å². The summed E-state index contributed by atoms with van der Waals surface area (Å²) in [6.07, 6.45) is 1.96. The molecule has 0 saturated carbocycles. The zero-order valence-electron chi connectivity index (χ0n) is 8.16. The molecule has 2 heterocycles. The van der Waals surface area contributed by atoms with Crippen LogP contribution in [-0.2, 0) is 4.79 Å². The molecule has 0 amide bonds. The molecule has 5 nitrogen and oxygen atoms in total. The molecule has 76 valence electrons. The molecule has 0 spiro atoms. The van der Waals surface area contributed by atoms with Crippen molar-refractivity contribution in [2.75, 3.05) is 6.67 Å². The third-order valence-corrected chi connectivity index (χ3v) is 2.57. The summed E-state index contributed by atoms with van der Waals surface area (Å²) in [5, 5.41) is 9.05. The highest BCUT2D eigenvalue weighted by molar-refractivity contribution is 5.92. The Bertz CT molecular complexity index is 346. The van der Waals surface area contributed by atoms with Gasteiger partial charge in [0, 0.05) is 6.04 Å². The van der Waals surface area contributed by atoms with Gasteiger partial charge in [-0.2, -0.15) is 0 Å². The van der Waals surface area contributed by atoms with Crippen LogP contribution < -0.4 is 10.9 Å². The molecule has 0 radical (unpaired) electrons. The van der Waals surface area contributed by atoms with Crippen LogP contribution in [0, 0.1) is 0 Å². The van der Waals surface area contributed by atoms with Gasteiger partial charge in [-0.15, -0.1) is 0 Å². The van der Waals surface area contributed by atoms with Crippen molar-refractivity contribution in [3.63, 3.8) is 0 Å². The van der Waals surface area contributed by atoms with Crippen molar-refractivity contribution in [1.29, 1.82) is 0 Å². The lowest BCUT2D eigenvalue weighted by molar-refractivity contribution is -0.132. The van der Waals surface area contributed by atoms with Crippen molar-refractivity contribution >= 4 is 5.97 Å². The maximum absolute atomic E-state index is 11.0. The molecule has 1 unspecified atom stereocenters. The average Bonchev–Trinajstić information content (AvgIpc) is 2.51. The van der Waals surface area contributed by atoms with Gasteiger partial charge >= 0.3 is 5.97 Å². The van der Waals surface area contributed by atoms with Crippen molar-refractivity contribution in [2.45, 2.75) is 19.9 Å². The molecule has 3 N–H and O–H groups in total. The first-order valence-corrected chi connectivity index (χ1v) is 4.53. The maximum atomic E-state index is 11.0. The minimum absolute atomic E-state index is 0.232. The monoisotopic (exact) mass is 195 g/mol. The van der Waals surface area contributed by atoms with Gasteiger partial charge in [0.05, 0.1) is 6.67 Å². The molecule has 0 aliphatic carbocycles. The van der Waals surface area contributed by atoms with E-state index in [-0.39, 0.29) is 6.04 Å². The predicted octanol–water partition coefficient (Wildman–Crippen LogP) is -0.00170. The van der Waals surface area contributed by atoms with Gasteiger partial charge in [-0.3, -0.25) is 0 Å². The second kappa shape index (κ2) is 3.02. The molecule has 2 aliphatic rings. The van der Waals surface area contributed by atoms with E-state index < -0.39 is 5.97 Å². The number of hydrogen-bond acceptors (Lipinski definition) is 4. The van der Waals surface area contributed by atoms with Crippen molar-refractivity contribution in [2.24, 2.45) is 0 Å². The van der Waals surface area contributed by atoms with E-state index in [2.05, 4.69) is 10.9 Å². The van der Waals surface area contributed by atoms with Gasteiger partial charge in [-0.25, -0.2) is 10.2 Å². The molecule has 2 rings (SSSR count). The van der Waals surface area contributed by atoms with Gasteiger partial charge in [-0.05, 0) is 19.4 Å². The summed E-state index contributed by atoms with van der Waals surface area (Å²) in [5.41, 5.74) is 6.97. The highest BCUT2D eigenvalue weighted by Crippen LogP contribution is 2.26. The molecule has 1 atom stereocenters. The van der Waals surface area contributed by atoms with Gasteiger partial charge in [0.2, 0.25) is 0 Å². The van der Waals surface area contributed by atoms with Crippen LogP contribution in [0.25, 0.3) is 0 Å². The number of nitrogens with one attached hydrogen (secondary N) is 2. The maximum Gasteiger partial charge on any atom is 0.339 e. The van der Waals surface area contributed by atoms with E-state index in [9.17, 15) is 4.79 Å². The Morgan fingerprint density at radius 2 is 2.43 bits per heavy atom. The van der Waals surface area contributed by atoms with E-state index in [0.29, 0.717) is 18.1 Å². The van der Waals surface area contributed by atoms with Crippen LogP contribution in [0.2, 0.25) is 0 Å². The lowest BCUT2D eigenvalue weighted by Gasteiger charge is -2.29. The molecule has 0 aromatic rings. The topological polar surface area (TPSA) is 64.6 Å². The van der Waals surface area contributed by atoms with E-state index in [4.69, 9.17) is 5.11 Å². The fourth-order valence-electron chi connectivity index (χ4n) is 1.90. The fraction of sp³-hybridized carbons (Fsp3) is 0.444. The number of nitrogens with zero attached hydrogens (tertiary/aromatic N) is 1. The first-order valence-electron chi connectivity index (χ1n) is 4.53. The third kappa shape index (κ3) is 1.17. The normalized spacial score (nSPS) is 25.7. The average molecular weight is 195 g/mol. The lowest BCUT2D eigenvalue weighted by atomic mass is 10.0. The molecule has 1 saturated heterocycles. The van der Waals surface area contributed by atoms with Gasteiger partial charge < -0.3 is 15.4 Å². The smallest absolute Gasteiger partial charge is 0.339 e. The van der Waals surface area contributed by atoms with Crippen LogP contribution in [0.1, 0.15) is 13.8 Å². The predicted molar refractivity (Wildman–Crippen MR) is 50.9 cm³/mol. The zero-order chi connectivity index (χ0) is 10.3. The number of carbonyl (C=O) groups is 1. The quantitative estimate of drug-likeness (QED) is 0.549. The number of carboxylic acid groups (broad SMARTS) is 1. The SMILES string of the molecule is CC1=CC(C)N2CNNC2=C1C(=O)O. The number of carboxylic acids is 1. The van der Waals surface area contributed by atoms with Crippen LogP contribution in [-0.4, -0.2) is 28.7 Å². The molecule has 0 aromatic heterocycles. The van der Waals surface area contributed by atoms with Crippen LogP contribution in [0.4, 0.5) is 0 Å². The Kier molecular flexibility index (Phi) is 1.96. The summed E-state index contributed by atoms with van der Waals surface area (Å²) in [6.45, 7) is 4.50. The number of aliphatic carboxylic acids is 1. The minimum atomic E-state index is -0.887. The standard InChI is InChI=1S/C9H13N3O2/c1-5-3-6(2)12-4-10-11-8(12)7(5)9(13)14/h3,6,10-11H,4H2,1-2H3,(H,13,14). The number of rotatable bonds is 1. The largest absolute Gasteiger partial charge is 0.478 e. The van der Waals surface area contributed by atoms with Crippen LogP contribution in [0.5, 0.6) is 0 Å². The van der Waals surface area contributed by atoms with E-state index in [1.165, 1.54) is 0 Å². The molecular weight excluding hydrogens is 182 g/mol. The van der Waals surface area contributed by atoms with Crippen molar-refractivity contribution < 1.29 is 9.90 Å². The Hall–Kier alpha value is -1.49. The van der Waals surface area contributed by atoms with E-state index in [0.717, 1.165) is 5.57 Å². The van der Waals surface area contributed by atoms with Gasteiger partial charge in [0.1, 0.15) is 11.4 Å². The summed E-state index contributed by atoms with van der Waals surface area (Å²) in [7, 11) is 0. The van der Waals surface area contributed by atoms with Gasteiger partial charge in [0.15, 0.2) is 0 Å². The highest BCUT2D eigenvalue weighted by atomic mass is 16.4. The third-order valence-electron chi connectivity index (χ3n) is 2.57. The molecular formula is C9H13N3O2. The van der Waals surface area contributed by atoms with E-state index in [1.54, 1.807) is 0 Å². The Labute approximate surface area is 82.1 Å². The molecule has 1 fully saturated rings. The fourth-order valence-corrected chi connectivity index (χ4v) is 1.90. The van der Waals surface area contributed by atoms with Crippen molar-refractivity contribution in [3.05, 3.63) is 23.0 Å². The van der Waals surface area contributed by atoms with Gasteiger partial charge in [-0.1, -0.05) is 6.08 Å². The first kappa shape index (κ1) is 9.08. The number of fused-ring (bicyclic) bond motifs is 1. The summed E-state index contributed by atoms with van der Waals surface area (Å²) < 4.78 is 0. The van der Waals surface area contributed by atoms with Crippen LogP contribution >= 0.6 is 0 Å². The highest BCUT2D eigenvalue weighted by Gasteiger charge is 2.31. The van der Waals surface area contributed by atoms with Crippen molar-refractivity contribution in [3.8, 4) is 0 Å². The summed E-state index contributed by atoms with van der Waals surface area (Å²) in [6, 6.07) is 0.232. The van der Waals surface area contributed by atoms with Gasteiger partial charge in [0.25, 0.3) is 0 Å². The van der Waals surface area contributed by atoms with Crippen LogP contribution in [0.3, 0.4) is 0 Å². The Morgan fingerprint density at radius 1 is 1.71 bits per heavy atom. The first-order chi connectivity index (χ1) is 6.61. The summed E-state index contributed by atoms with van der Waals surface area (Å²) in [4.78, 5) is 13.0. The second-order valence-electron chi connectivity index (χ2n) is 3.55. The van der Waals surface area contributed by atoms with E-state index in [1.807, 2.05) is 24.8 Å². The molecule has 14 heavy (non-hydrogen) atoms.